The number of nitrogens with one attached hydrogen (secondary N) is 1. The van der Waals surface area contributed by atoms with Crippen molar-refractivity contribution < 1.29 is 9.90 Å². The normalized spacial score (nSPS) is 10.5. The van der Waals surface area contributed by atoms with Crippen molar-refractivity contribution in [3.63, 3.8) is 0 Å². The Kier molecular flexibility index (Phi) is 4.67. The van der Waals surface area contributed by atoms with Gasteiger partial charge in [0.15, 0.2) is 10.7 Å². The van der Waals surface area contributed by atoms with Crippen molar-refractivity contribution in [1.82, 2.24) is 4.98 Å². The molecular formula is C13H16N4O2S. The number of carboxylic acids is 1. The van der Waals surface area contributed by atoms with Gasteiger partial charge in [-0.1, -0.05) is 24.3 Å². The summed E-state index contributed by atoms with van der Waals surface area (Å²) in [5.41, 5.74) is 12.8. The van der Waals surface area contributed by atoms with Gasteiger partial charge in [0.1, 0.15) is 5.01 Å². The second-order valence-electron chi connectivity index (χ2n) is 4.12. The van der Waals surface area contributed by atoms with Gasteiger partial charge in [-0.2, -0.15) is 0 Å². The Labute approximate surface area is 120 Å². The number of hydrogen-bond acceptors (Lipinski definition) is 6. The van der Waals surface area contributed by atoms with E-state index < -0.39 is 5.97 Å². The topological polar surface area (TPSA) is 114 Å². The molecule has 0 saturated heterocycles. The quantitative estimate of drug-likeness (QED) is 0.639. The van der Waals surface area contributed by atoms with Crippen LogP contribution in [0, 0.1) is 0 Å². The van der Waals surface area contributed by atoms with E-state index in [1.54, 1.807) is 0 Å². The maximum Gasteiger partial charge on any atom is 0.349 e. The summed E-state index contributed by atoms with van der Waals surface area (Å²) in [6.07, 6.45) is 0. The van der Waals surface area contributed by atoms with Crippen LogP contribution in [0.25, 0.3) is 10.6 Å². The lowest BCUT2D eigenvalue weighted by atomic mass is 10.1. The van der Waals surface area contributed by atoms with Crippen molar-refractivity contribution >= 4 is 23.1 Å². The van der Waals surface area contributed by atoms with E-state index in [0.29, 0.717) is 30.5 Å². The van der Waals surface area contributed by atoms with Crippen LogP contribution in [0.3, 0.4) is 0 Å². The van der Waals surface area contributed by atoms with Gasteiger partial charge in [0.2, 0.25) is 0 Å². The Hall–Kier alpha value is -1.96. The largest absolute Gasteiger partial charge is 0.477 e. The molecule has 6 nitrogen and oxygen atoms in total. The van der Waals surface area contributed by atoms with Crippen molar-refractivity contribution in [3.05, 3.63) is 34.7 Å². The molecule has 1 aromatic carbocycles. The third-order valence-electron chi connectivity index (χ3n) is 2.69. The first-order valence-corrected chi connectivity index (χ1v) is 6.94. The summed E-state index contributed by atoms with van der Waals surface area (Å²) in [7, 11) is 0. The lowest BCUT2D eigenvalue weighted by Gasteiger charge is -2.01. The molecule has 0 unspecified atom stereocenters. The molecule has 106 valence electrons. The number of carbonyl (C=O) groups is 1. The molecule has 0 fully saturated rings. The van der Waals surface area contributed by atoms with Crippen LogP contribution in [0.15, 0.2) is 24.3 Å². The summed E-state index contributed by atoms with van der Waals surface area (Å²) in [5.74, 6) is -0.627. The van der Waals surface area contributed by atoms with Gasteiger partial charge in [-0.3, -0.25) is 0 Å². The molecule has 0 bridgehead atoms. The lowest BCUT2D eigenvalue weighted by Crippen LogP contribution is -2.14. The molecule has 0 radical (unpaired) electrons. The van der Waals surface area contributed by atoms with Crippen LogP contribution < -0.4 is 16.8 Å². The Morgan fingerprint density at radius 1 is 1.30 bits per heavy atom. The zero-order chi connectivity index (χ0) is 14.5. The predicted octanol–water partition coefficient (Wildman–Crippen LogP) is 1.34. The Bertz CT molecular complexity index is 595. The third kappa shape index (κ3) is 3.13. The van der Waals surface area contributed by atoms with E-state index in [2.05, 4.69) is 10.3 Å². The Morgan fingerprint density at radius 3 is 2.55 bits per heavy atom. The SMILES string of the molecule is NCCNc1nc(-c2ccc(CN)cc2)sc1C(=O)O. The first kappa shape index (κ1) is 14.4. The predicted molar refractivity (Wildman–Crippen MR) is 79.9 cm³/mol. The van der Waals surface area contributed by atoms with Crippen molar-refractivity contribution in [1.29, 1.82) is 0 Å². The molecule has 2 aromatic rings. The van der Waals surface area contributed by atoms with Crippen LogP contribution in [-0.2, 0) is 6.54 Å². The number of aromatic nitrogens is 1. The zero-order valence-electron chi connectivity index (χ0n) is 10.8. The molecule has 0 amide bonds. The van der Waals surface area contributed by atoms with Crippen molar-refractivity contribution in [2.75, 3.05) is 18.4 Å². The number of rotatable bonds is 6. The number of hydrogen-bond donors (Lipinski definition) is 4. The van der Waals surface area contributed by atoms with Gasteiger partial charge in [-0.25, -0.2) is 9.78 Å². The molecule has 0 saturated carbocycles. The standard InChI is InChI=1S/C13H16N4O2S/c14-5-6-16-11-10(13(18)19)20-12(17-11)9-3-1-8(7-15)2-4-9/h1-4,16H,5-7,14-15H2,(H,18,19). The number of nitrogens with zero attached hydrogens (tertiary/aromatic N) is 1. The monoisotopic (exact) mass is 292 g/mol. The summed E-state index contributed by atoms with van der Waals surface area (Å²) in [5, 5.41) is 12.8. The molecule has 1 heterocycles. The number of thiazole rings is 1. The van der Waals surface area contributed by atoms with Gasteiger partial charge >= 0.3 is 5.97 Å². The maximum absolute atomic E-state index is 11.2. The van der Waals surface area contributed by atoms with E-state index >= 15 is 0 Å². The van der Waals surface area contributed by atoms with E-state index in [-0.39, 0.29) is 4.88 Å². The lowest BCUT2D eigenvalue weighted by molar-refractivity contribution is 0.0703. The Balaban J connectivity index is 2.33. The molecule has 0 atom stereocenters. The molecule has 0 aliphatic rings. The zero-order valence-corrected chi connectivity index (χ0v) is 11.6. The van der Waals surface area contributed by atoms with E-state index in [1.165, 1.54) is 0 Å². The smallest absolute Gasteiger partial charge is 0.349 e. The Morgan fingerprint density at radius 2 is 2.00 bits per heavy atom. The first-order chi connectivity index (χ1) is 9.65. The number of benzene rings is 1. The highest BCUT2D eigenvalue weighted by Gasteiger charge is 2.17. The molecular weight excluding hydrogens is 276 g/mol. The van der Waals surface area contributed by atoms with Crippen LogP contribution in [0.2, 0.25) is 0 Å². The van der Waals surface area contributed by atoms with Crippen LogP contribution in [0.4, 0.5) is 5.82 Å². The second kappa shape index (κ2) is 6.47. The number of carboxylic acid groups (broad SMARTS) is 1. The highest BCUT2D eigenvalue weighted by atomic mass is 32.1. The molecule has 2 rings (SSSR count). The van der Waals surface area contributed by atoms with Crippen LogP contribution >= 0.6 is 11.3 Å². The van der Waals surface area contributed by atoms with Crippen molar-refractivity contribution in [3.8, 4) is 10.6 Å². The van der Waals surface area contributed by atoms with Gasteiger partial charge in [0.05, 0.1) is 0 Å². The second-order valence-corrected chi connectivity index (χ2v) is 5.12. The van der Waals surface area contributed by atoms with Gasteiger partial charge in [0, 0.05) is 25.2 Å². The molecule has 6 N–H and O–H groups in total. The van der Waals surface area contributed by atoms with Crippen LogP contribution in [0.1, 0.15) is 15.2 Å². The van der Waals surface area contributed by atoms with E-state index in [4.69, 9.17) is 11.5 Å². The van der Waals surface area contributed by atoms with E-state index in [9.17, 15) is 9.90 Å². The van der Waals surface area contributed by atoms with Crippen LogP contribution in [-0.4, -0.2) is 29.1 Å². The fraction of sp³-hybridized carbons (Fsp3) is 0.231. The van der Waals surface area contributed by atoms with Crippen LogP contribution in [0.5, 0.6) is 0 Å². The summed E-state index contributed by atoms with van der Waals surface area (Å²) in [6.45, 7) is 1.37. The van der Waals surface area contributed by atoms with Crippen molar-refractivity contribution in [2.45, 2.75) is 6.54 Å². The molecule has 20 heavy (non-hydrogen) atoms. The van der Waals surface area contributed by atoms with E-state index in [0.717, 1.165) is 22.5 Å². The molecule has 7 heteroatoms. The molecule has 1 aromatic heterocycles. The fourth-order valence-electron chi connectivity index (χ4n) is 1.68. The average Bonchev–Trinajstić information content (AvgIpc) is 2.89. The van der Waals surface area contributed by atoms with Gasteiger partial charge in [-0.05, 0) is 5.56 Å². The van der Waals surface area contributed by atoms with Crippen molar-refractivity contribution in [2.24, 2.45) is 11.5 Å². The van der Waals surface area contributed by atoms with Gasteiger partial charge in [-0.15, -0.1) is 11.3 Å². The summed E-state index contributed by atoms with van der Waals surface area (Å²) in [4.78, 5) is 15.7. The first-order valence-electron chi connectivity index (χ1n) is 6.13. The maximum atomic E-state index is 11.2. The number of nitrogens with two attached hydrogens (primary N) is 2. The summed E-state index contributed by atoms with van der Waals surface area (Å²) >= 11 is 1.14. The molecule has 0 spiro atoms. The summed E-state index contributed by atoms with van der Waals surface area (Å²) < 4.78 is 0. The van der Waals surface area contributed by atoms with Gasteiger partial charge < -0.3 is 21.9 Å². The highest BCUT2D eigenvalue weighted by molar-refractivity contribution is 7.17. The number of anilines is 1. The minimum Gasteiger partial charge on any atom is -0.477 e. The summed E-state index contributed by atoms with van der Waals surface area (Å²) in [6, 6.07) is 7.59. The molecule has 0 aliphatic carbocycles. The highest BCUT2D eigenvalue weighted by Crippen LogP contribution is 2.31. The fourth-order valence-corrected chi connectivity index (χ4v) is 2.57. The van der Waals surface area contributed by atoms with Gasteiger partial charge in [0.25, 0.3) is 0 Å². The minimum atomic E-state index is -0.994. The molecule has 0 aliphatic heterocycles. The minimum absolute atomic E-state index is 0.191. The average molecular weight is 292 g/mol. The number of aromatic carboxylic acids is 1. The third-order valence-corrected chi connectivity index (χ3v) is 3.79. The van der Waals surface area contributed by atoms with E-state index in [1.807, 2.05) is 24.3 Å².